The summed E-state index contributed by atoms with van der Waals surface area (Å²) in [6.07, 6.45) is 6.20. The van der Waals surface area contributed by atoms with Gasteiger partial charge in [0.2, 0.25) is 0 Å². The molecule has 0 bridgehead atoms. The second-order valence-corrected chi connectivity index (χ2v) is 5.55. The summed E-state index contributed by atoms with van der Waals surface area (Å²) in [5, 5.41) is 0. The third-order valence-corrected chi connectivity index (χ3v) is 3.43. The van der Waals surface area contributed by atoms with Crippen molar-refractivity contribution < 1.29 is 9.15 Å². The van der Waals surface area contributed by atoms with Gasteiger partial charge >= 0.3 is 0 Å². The van der Waals surface area contributed by atoms with Crippen LogP contribution in [0.4, 0.5) is 5.69 Å². The van der Waals surface area contributed by atoms with E-state index in [1.54, 1.807) is 18.4 Å². The van der Waals surface area contributed by atoms with Gasteiger partial charge in [-0.25, -0.2) is 0 Å². The van der Waals surface area contributed by atoms with E-state index in [4.69, 9.17) is 14.9 Å². The molecule has 0 atom stereocenters. The molecule has 0 amide bonds. The fourth-order valence-electron chi connectivity index (χ4n) is 2.46. The first kappa shape index (κ1) is 16.0. The number of rotatable bonds is 2. The maximum absolute atomic E-state index is 5.97. The Labute approximate surface area is 132 Å². The van der Waals surface area contributed by atoms with E-state index in [9.17, 15) is 0 Å². The SMILES string of the molecule is C=CC1=C(C=C(C)C)OCCc2c(C)cc(N)cccoc21. The van der Waals surface area contributed by atoms with Crippen LogP contribution in [0.25, 0.3) is 5.57 Å². The van der Waals surface area contributed by atoms with Gasteiger partial charge in [0.15, 0.2) is 0 Å². The average molecular weight is 297 g/mol. The number of allylic oxidation sites excluding steroid dienone is 4. The first-order valence-electron chi connectivity index (χ1n) is 7.38. The first-order chi connectivity index (χ1) is 10.5. The molecular formula is C19H23NO2. The minimum atomic E-state index is 0.594. The maximum atomic E-state index is 5.97. The number of hydrogen-bond acceptors (Lipinski definition) is 3. The predicted molar refractivity (Wildman–Crippen MR) is 91.7 cm³/mol. The normalized spacial score (nSPS) is 13.4. The third-order valence-electron chi connectivity index (χ3n) is 3.43. The van der Waals surface area contributed by atoms with E-state index in [-0.39, 0.29) is 0 Å². The molecule has 0 saturated heterocycles. The zero-order valence-electron chi connectivity index (χ0n) is 13.5. The lowest BCUT2D eigenvalue weighted by molar-refractivity contribution is 0.232. The van der Waals surface area contributed by atoms with Gasteiger partial charge in [-0.3, -0.25) is 0 Å². The van der Waals surface area contributed by atoms with Crippen LogP contribution in [0.1, 0.15) is 30.7 Å². The largest absolute Gasteiger partial charge is 0.492 e. The van der Waals surface area contributed by atoms with Crippen LogP contribution < -0.4 is 5.73 Å². The lowest BCUT2D eigenvalue weighted by atomic mass is 10.0. The minimum Gasteiger partial charge on any atom is -0.492 e. The molecule has 0 unspecified atom stereocenters. The molecule has 1 aliphatic heterocycles. The van der Waals surface area contributed by atoms with Gasteiger partial charge in [0, 0.05) is 17.7 Å². The fraction of sp³-hybridized carbons (Fsp3) is 0.263. The van der Waals surface area contributed by atoms with Crippen LogP contribution in [0.15, 0.2) is 58.9 Å². The molecule has 3 nitrogen and oxygen atoms in total. The summed E-state index contributed by atoms with van der Waals surface area (Å²) in [7, 11) is 0. The lowest BCUT2D eigenvalue weighted by Crippen LogP contribution is -1.97. The number of anilines is 1. The molecule has 1 aromatic heterocycles. The van der Waals surface area contributed by atoms with Crippen LogP contribution in [-0.2, 0) is 11.2 Å². The Morgan fingerprint density at radius 2 is 2.14 bits per heavy atom. The predicted octanol–water partition coefficient (Wildman–Crippen LogP) is 4.73. The molecule has 2 N–H and O–H groups in total. The zero-order chi connectivity index (χ0) is 16.1. The van der Waals surface area contributed by atoms with Gasteiger partial charge in [-0.05, 0) is 50.6 Å². The summed E-state index contributed by atoms with van der Waals surface area (Å²) < 4.78 is 11.8. The van der Waals surface area contributed by atoms with Gasteiger partial charge < -0.3 is 14.9 Å². The molecule has 1 aromatic rings. The Kier molecular flexibility index (Phi) is 5.10. The Balaban J connectivity index is 2.83. The Morgan fingerprint density at radius 1 is 1.36 bits per heavy atom. The molecule has 22 heavy (non-hydrogen) atoms. The summed E-state index contributed by atoms with van der Waals surface area (Å²) in [6, 6.07) is 5.57. The second-order valence-electron chi connectivity index (χ2n) is 5.55. The zero-order valence-corrected chi connectivity index (χ0v) is 13.5. The second kappa shape index (κ2) is 7.03. The number of nitrogens with two attached hydrogens (primary N) is 1. The molecule has 0 spiro atoms. The van der Waals surface area contributed by atoms with E-state index in [0.717, 1.165) is 40.2 Å². The highest BCUT2D eigenvalue weighted by molar-refractivity contribution is 5.76. The van der Waals surface area contributed by atoms with Crippen LogP contribution in [0.2, 0.25) is 0 Å². The van der Waals surface area contributed by atoms with E-state index >= 15 is 0 Å². The Morgan fingerprint density at radius 3 is 2.82 bits per heavy atom. The standard InChI is InChI=1S/C19H23NO2/c1-5-16-18(11-13(2)3)21-10-8-17-14(4)12-15(20)7-6-9-22-19(16)17/h5-7,9,11-12H,1,8,10,20H2,2-4H3. The quantitative estimate of drug-likeness (QED) is 0.858. The van der Waals surface area contributed by atoms with Crippen molar-refractivity contribution in [3.8, 4) is 0 Å². The van der Waals surface area contributed by atoms with Gasteiger partial charge in [0.05, 0.1) is 18.4 Å². The van der Waals surface area contributed by atoms with Crippen molar-refractivity contribution in [2.75, 3.05) is 12.3 Å². The topological polar surface area (TPSA) is 48.4 Å². The summed E-state index contributed by atoms with van der Waals surface area (Å²) in [5.74, 6) is 1.58. The molecule has 0 saturated carbocycles. The molecular weight excluding hydrogens is 274 g/mol. The van der Waals surface area contributed by atoms with Crippen LogP contribution in [0.5, 0.6) is 0 Å². The first-order valence-corrected chi connectivity index (χ1v) is 7.38. The van der Waals surface area contributed by atoms with Gasteiger partial charge in [-0.1, -0.05) is 18.2 Å². The summed E-state index contributed by atoms with van der Waals surface area (Å²) in [5.41, 5.74) is 10.9. The minimum absolute atomic E-state index is 0.594. The molecule has 3 heteroatoms. The van der Waals surface area contributed by atoms with Gasteiger partial charge in [0.25, 0.3) is 0 Å². The van der Waals surface area contributed by atoms with Crippen molar-refractivity contribution in [2.24, 2.45) is 0 Å². The van der Waals surface area contributed by atoms with Crippen molar-refractivity contribution in [3.63, 3.8) is 0 Å². The Hall–Kier alpha value is -2.42. The average Bonchev–Trinajstić information content (AvgIpc) is 2.57. The third kappa shape index (κ3) is 3.61. The van der Waals surface area contributed by atoms with E-state index in [0.29, 0.717) is 12.3 Å². The van der Waals surface area contributed by atoms with Crippen LogP contribution in [0, 0.1) is 6.92 Å². The van der Waals surface area contributed by atoms with E-state index < -0.39 is 0 Å². The fourth-order valence-corrected chi connectivity index (χ4v) is 2.46. The number of fused-ring (bicyclic) bond motifs is 1. The molecule has 0 aliphatic carbocycles. The highest BCUT2D eigenvalue weighted by atomic mass is 16.5. The Bertz CT molecular complexity index is 687. The molecule has 2 rings (SSSR count). The van der Waals surface area contributed by atoms with Crippen molar-refractivity contribution in [1.29, 1.82) is 0 Å². The summed E-state index contributed by atoms with van der Waals surface area (Å²) >= 11 is 0. The molecule has 1 aliphatic rings. The van der Waals surface area contributed by atoms with E-state index in [2.05, 4.69) is 6.58 Å². The summed E-state index contributed by atoms with van der Waals surface area (Å²) in [4.78, 5) is 0. The van der Waals surface area contributed by atoms with E-state index in [1.807, 2.05) is 39.0 Å². The molecule has 116 valence electrons. The van der Waals surface area contributed by atoms with Crippen LogP contribution >= 0.6 is 0 Å². The van der Waals surface area contributed by atoms with Crippen molar-refractivity contribution in [3.05, 3.63) is 71.4 Å². The summed E-state index contributed by atoms with van der Waals surface area (Å²) in [6.45, 7) is 10.6. The van der Waals surface area contributed by atoms with Gasteiger partial charge in [-0.2, -0.15) is 0 Å². The van der Waals surface area contributed by atoms with Crippen LogP contribution in [0.3, 0.4) is 0 Å². The lowest BCUT2D eigenvalue weighted by Gasteiger charge is -2.07. The maximum Gasteiger partial charge on any atom is 0.141 e. The molecule has 0 fully saturated rings. The number of aryl methyl sites for hydroxylation is 1. The van der Waals surface area contributed by atoms with Crippen molar-refractivity contribution in [2.45, 2.75) is 27.2 Å². The monoisotopic (exact) mass is 297 g/mol. The number of ether oxygens (including phenoxy) is 1. The molecule has 0 aromatic carbocycles. The van der Waals surface area contributed by atoms with Crippen LogP contribution in [-0.4, -0.2) is 6.61 Å². The molecule has 0 radical (unpaired) electrons. The highest BCUT2D eigenvalue weighted by Gasteiger charge is 2.18. The highest BCUT2D eigenvalue weighted by Crippen LogP contribution is 2.30. The van der Waals surface area contributed by atoms with Gasteiger partial charge in [-0.15, -0.1) is 0 Å². The smallest absolute Gasteiger partial charge is 0.141 e. The van der Waals surface area contributed by atoms with Crippen molar-refractivity contribution in [1.82, 2.24) is 0 Å². The number of nitrogen functional groups attached to an aromatic ring is 1. The van der Waals surface area contributed by atoms with E-state index in [1.165, 1.54) is 0 Å². The molecule has 2 heterocycles. The number of hydrogen-bond donors (Lipinski definition) is 1. The van der Waals surface area contributed by atoms with Crippen molar-refractivity contribution >= 4 is 11.3 Å². The van der Waals surface area contributed by atoms with Gasteiger partial charge in [0.1, 0.15) is 11.5 Å².